The van der Waals surface area contributed by atoms with Crippen molar-refractivity contribution in [3.8, 4) is 0 Å². The van der Waals surface area contributed by atoms with Crippen molar-refractivity contribution >= 4 is 45.9 Å². The highest BCUT2D eigenvalue weighted by atomic mass is 35.5. The van der Waals surface area contributed by atoms with Gasteiger partial charge in [0.25, 0.3) is 5.91 Å². The van der Waals surface area contributed by atoms with Crippen molar-refractivity contribution in [2.75, 3.05) is 13.1 Å². The number of hydrogen-bond donors (Lipinski definition) is 1. The molecule has 5 aromatic rings. The number of halogens is 2. The minimum atomic E-state index is -0.537. The van der Waals surface area contributed by atoms with Crippen LogP contribution in [0.15, 0.2) is 91.0 Å². The van der Waals surface area contributed by atoms with Gasteiger partial charge in [0.15, 0.2) is 0 Å². The van der Waals surface area contributed by atoms with Gasteiger partial charge in [0.2, 0.25) is 5.91 Å². The van der Waals surface area contributed by atoms with E-state index in [9.17, 15) is 9.59 Å². The molecule has 44 heavy (non-hydrogen) atoms. The van der Waals surface area contributed by atoms with Crippen LogP contribution in [0, 0.1) is 0 Å². The molecular weight excluding hydrogens is 591 g/mol. The van der Waals surface area contributed by atoms with Crippen molar-refractivity contribution in [1.29, 1.82) is 0 Å². The van der Waals surface area contributed by atoms with Gasteiger partial charge in [0.1, 0.15) is 0 Å². The number of rotatable bonds is 7. The van der Waals surface area contributed by atoms with Crippen LogP contribution in [0.25, 0.3) is 10.9 Å². The predicted octanol–water partition coefficient (Wildman–Crippen LogP) is 7.98. The first-order valence-corrected chi connectivity index (χ1v) is 15.8. The van der Waals surface area contributed by atoms with Crippen LogP contribution in [0.1, 0.15) is 86.7 Å². The number of carbonyl (C=O) groups is 2. The molecule has 1 saturated carbocycles. The molecule has 0 atom stereocenters. The molecule has 1 aromatic heterocycles. The largest absolute Gasteiger partial charge is 0.366 e. The van der Waals surface area contributed by atoms with Crippen molar-refractivity contribution in [2.24, 2.45) is 5.73 Å². The Morgan fingerprint density at radius 2 is 1.34 bits per heavy atom. The molecule has 1 saturated heterocycles. The molecule has 2 heterocycles. The molecule has 7 rings (SSSR count). The molecule has 1 aliphatic carbocycles. The van der Waals surface area contributed by atoms with Gasteiger partial charge in [-0.2, -0.15) is 5.10 Å². The second-order valence-electron chi connectivity index (χ2n) is 11.9. The Morgan fingerprint density at radius 1 is 0.750 bits per heavy atom. The number of nitrogens with two attached hydrogens (primary N) is 1. The average molecular weight is 624 g/mol. The second kappa shape index (κ2) is 11.8. The van der Waals surface area contributed by atoms with Crippen molar-refractivity contribution in [3.63, 3.8) is 0 Å². The number of fused-ring (bicyclic) bond motifs is 1. The maximum Gasteiger partial charge on any atom is 0.253 e. The third kappa shape index (κ3) is 5.60. The van der Waals surface area contributed by atoms with Crippen molar-refractivity contribution in [3.05, 3.63) is 135 Å². The maximum absolute atomic E-state index is 13.3. The zero-order chi connectivity index (χ0) is 30.4. The van der Waals surface area contributed by atoms with Gasteiger partial charge in [0, 0.05) is 51.5 Å². The van der Waals surface area contributed by atoms with Crippen LogP contribution in [0.5, 0.6) is 0 Å². The van der Waals surface area contributed by atoms with Gasteiger partial charge >= 0.3 is 0 Å². The van der Waals surface area contributed by atoms with E-state index in [0.29, 0.717) is 40.3 Å². The van der Waals surface area contributed by atoms with E-state index in [1.807, 2.05) is 29.2 Å². The summed E-state index contributed by atoms with van der Waals surface area (Å²) in [7, 11) is 0. The Hall–Kier alpha value is -4.13. The molecule has 222 valence electrons. The molecule has 2 aliphatic rings. The van der Waals surface area contributed by atoms with E-state index in [1.165, 1.54) is 16.5 Å². The zero-order valence-corrected chi connectivity index (χ0v) is 25.6. The molecule has 2 N–H and O–H groups in total. The lowest BCUT2D eigenvalue weighted by atomic mass is 9.84. The summed E-state index contributed by atoms with van der Waals surface area (Å²) in [5, 5.41) is 7.82. The first kappa shape index (κ1) is 28.6. The molecule has 0 radical (unpaired) electrons. The van der Waals surface area contributed by atoms with Crippen molar-refractivity contribution < 1.29 is 9.59 Å². The summed E-state index contributed by atoms with van der Waals surface area (Å²) in [5.74, 6) is -0.374. The number of aromatic nitrogens is 2. The minimum absolute atomic E-state index is 0.00157. The van der Waals surface area contributed by atoms with Crippen LogP contribution in [-0.2, 0) is 0 Å². The van der Waals surface area contributed by atoms with Crippen LogP contribution < -0.4 is 5.73 Å². The van der Waals surface area contributed by atoms with Gasteiger partial charge in [-0.15, -0.1) is 0 Å². The Bertz CT molecular complexity index is 1810. The fourth-order valence-electron chi connectivity index (χ4n) is 6.49. The Morgan fingerprint density at radius 3 is 1.93 bits per heavy atom. The molecule has 4 aromatic carbocycles. The van der Waals surface area contributed by atoms with E-state index >= 15 is 0 Å². The topological polar surface area (TPSA) is 81.2 Å². The lowest BCUT2D eigenvalue weighted by Crippen LogP contribution is -2.38. The minimum Gasteiger partial charge on any atom is -0.366 e. The van der Waals surface area contributed by atoms with Gasteiger partial charge in [-0.3, -0.25) is 14.3 Å². The first-order chi connectivity index (χ1) is 21.4. The summed E-state index contributed by atoms with van der Waals surface area (Å²) in [6.07, 6.45) is 3.93. The number of benzene rings is 4. The Labute approximate surface area is 266 Å². The molecule has 0 bridgehead atoms. The van der Waals surface area contributed by atoms with Crippen LogP contribution in [-0.4, -0.2) is 39.6 Å². The molecule has 0 unspecified atom stereocenters. The third-order valence-electron chi connectivity index (χ3n) is 8.95. The molecule has 6 nitrogen and oxygen atoms in total. The van der Waals surface area contributed by atoms with Gasteiger partial charge in [-0.25, -0.2) is 0 Å². The van der Waals surface area contributed by atoms with Gasteiger partial charge in [-0.1, -0.05) is 59.6 Å². The Balaban J connectivity index is 1.21. The summed E-state index contributed by atoms with van der Waals surface area (Å²) >= 11 is 12.5. The number of hydrogen-bond acceptors (Lipinski definition) is 3. The standard InChI is InChI=1S/C36H32Cl2N4O2/c37-28-9-4-22(5-10-28)33(23-6-11-29(38)12-7-23)25-8-15-32-31(21-25)34(40-42(32)30-13-14-30)24-16-18-41(19-17-24)36(44)27-3-1-2-26(20-27)35(39)43/h1-12,15,20-21,24,30,33H,13-14,16-19H2,(H2,39,43). The first-order valence-electron chi connectivity index (χ1n) is 15.1. The number of carbonyl (C=O) groups excluding carboxylic acids is 2. The predicted molar refractivity (Wildman–Crippen MR) is 175 cm³/mol. The van der Waals surface area contributed by atoms with Gasteiger partial charge in [0.05, 0.1) is 17.3 Å². The fourth-order valence-corrected chi connectivity index (χ4v) is 6.74. The number of amides is 2. The summed E-state index contributed by atoms with van der Waals surface area (Å²) in [4.78, 5) is 26.8. The highest BCUT2D eigenvalue weighted by Gasteiger charge is 2.32. The molecular formula is C36H32Cl2N4O2. The van der Waals surface area contributed by atoms with Crippen molar-refractivity contribution in [2.45, 2.75) is 43.6 Å². The maximum atomic E-state index is 13.3. The van der Waals surface area contributed by atoms with Crippen LogP contribution in [0.3, 0.4) is 0 Å². The third-order valence-corrected chi connectivity index (χ3v) is 9.46. The molecule has 2 fully saturated rings. The summed E-state index contributed by atoms with van der Waals surface area (Å²) in [6, 6.07) is 30.0. The van der Waals surface area contributed by atoms with Crippen LogP contribution in [0.2, 0.25) is 10.0 Å². The van der Waals surface area contributed by atoms with E-state index in [0.717, 1.165) is 42.5 Å². The summed E-state index contributed by atoms with van der Waals surface area (Å²) < 4.78 is 2.22. The van der Waals surface area contributed by atoms with Crippen LogP contribution in [0.4, 0.5) is 0 Å². The normalized spacial score (nSPS) is 15.7. The monoisotopic (exact) mass is 622 g/mol. The molecule has 2 amide bonds. The number of piperidine rings is 1. The number of primary amides is 1. The highest BCUT2D eigenvalue weighted by Crippen LogP contribution is 2.42. The van der Waals surface area contributed by atoms with E-state index in [1.54, 1.807) is 24.3 Å². The molecule has 8 heteroatoms. The Kier molecular flexibility index (Phi) is 7.65. The van der Waals surface area contributed by atoms with Crippen LogP contribution >= 0.6 is 23.2 Å². The smallest absolute Gasteiger partial charge is 0.253 e. The SMILES string of the molecule is NC(=O)c1cccc(C(=O)N2CCC(c3nn(C4CC4)c4ccc(C(c5ccc(Cl)cc5)c5ccc(Cl)cc5)cc34)CC2)c1. The number of nitrogens with zero attached hydrogens (tertiary/aromatic N) is 3. The number of likely N-dealkylation sites (tertiary alicyclic amines) is 1. The lowest BCUT2D eigenvalue weighted by molar-refractivity contribution is 0.0712. The zero-order valence-electron chi connectivity index (χ0n) is 24.1. The molecule has 0 spiro atoms. The summed E-state index contributed by atoms with van der Waals surface area (Å²) in [6.45, 7) is 1.25. The average Bonchev–Trinajstić information content (AvgIpc) is 3.83. The van der Waals surface area contributed by atoms with E-state index in [2.05, 4.69) is 47.1 Å². The second-order valence-corrected chi connectivity index (χ2v) is 12.8. The van der Waals surface area contributed by atoms with Gasteiger partial charge < -0.3 is 10.6 Å². The highest BCUT2D eigenvalue weighted by molar-refractivity contribution is 6.30. The van der Waals surface area contributed by atoms with E-state index < -0.39 is 5.91 Å². The van der Waals surface area contributed by atoms with E-state index in [-0.39, 0.29) is 17.7 Å². The summed E-state index contributed by atoms with van der Waals surface area (Å²) in [5.41, 5.74) is 12.0. The van der Waals surface area contributed by atoms with Crippen molar-refractivity contribution in [1.82, 2.24) is 14.7 Å². The quantitative estimate of drug-likeness (QED) is 0.187. The molecule has 1 aliphatic heterocycles. The fraction of sp³-hybridized carbons (Fsp3) is 0.250. The van der Waals surface area contributed by atoms with E-state index in [4.69, 9.17) is 34.0 Å². The lowest BCUT2D eigenvalue weighted by Gasteiger charge is -2.31. The van der Waals surface area contributed by atoms with Gasteiger partial charge in [-0.05, 0) is 97.0 Å².